The molecule has 0 aromatic heterocycles. The second-order valence-electron chi connectivity index (χ2n) is 3.93. The normalized spacial score (nSPS) is 12.0. The van der Waals surface area contributed by atoms with Gasteiger partial charge in [0, 0.05) is 19.3 Å². The van der Waals surface area contributed by atoms with Gasteiger partial charge in [-0.2, -0.15) is 0 Å². The molecule has 0 amide bonds. The predicted molar refractivity (Wildman–Crippen MR) is 56.5 cm³/mol. The Balaban J connectivity index is 3.13. The van der Waals surface area contributed by atoms with Crippen LogP contribution in [-0.2, 0) is 9.47 Å². The average Bonchev–Trinajstić information content (AvgIpc) is 2.16. The summed E-state index contributed by atoms with van der Waals surface area (Å²) >= 11 is 0. The monoisotopic (exact) mass is 205 g/mol. The molecule has 0 fully saturated rings. The molecule has 4 nitrogen and oxygen atoms in total. The topological polar surface area (TPSA) is 50.7 Å². The van der Waals surface area contributed by atoms with Crippen molar-refractivity contribution in [1.82, 2.24) is 5.32 Å². The highest BCUT2D eigenvalue weighted by molar-refractivity contribution is 4.75. The van der Waals surface area contributed by atoms with Crippen molar-refractivity contribution in [3.8, 4) is 0 Å². The minimum absolute atomic E-state index is 0.150. The van der Waals surface area contributed by atoms with E-state index in [-0.39, 0.29) is 12.1 Å². The minimum Gasteiger partial charge on any atom is -0.394 e. The molecule has 0 unspecified atom stereocenters. The quantitative estimate of drug-likeness (QED) is 0.535. The summed E-state index contributed by atoms with van der Waals surface area (Å²) in [5.74, 6) is 0. The molecule has 0 spiro atoms. The van der Waals surface area contributed by atoms with Crippen LogP contribution in [0.1, 0.15) is 20.3 Å². The molecule has 0 saturated carbocycles. The highest BCUT2D eigenvalue weighted by Gasteiger charge is 2.13. The number of hydrogen-bond donors (Lipinski definition) is 2. The molecule has 0 radical (unpaired) electrons. The third-order valence-electron chi connectivity index (χ3n) is 1.90. The Morgan fingerprint density at radius 2 is 1.93 bits per heavy atom. The largest absolute Gasteiger partial charge is 0.394 e. The van der Waals surface area contributed by atoms with Gasteiger partial charge in [0.15, 0.2) is 0 Å². The molecular weight excluding hydrogens is 182 g/mol. The highest BCUT2D eigenvalue weighted by atomic mass is 16.5. The molecule has 0 saturated heterocycles. The zero-order valence-electron chi connectivity index (χ0n) is 9.51. The van der Waals surface area contributed by atoms with Gasteiger partial charge in [-0.05, 0) is 26.8 Å². The lowest BCUT2D eigenvalue weighted by Crippen LogP contribution is -2.43. The van der Waals surface area contributed by atoms with Gasteiger partial charge in [0.25, 0.3) is 0 Å². The number of aliphatic hydroxyl groups is 1. The van der Waals surface area contributed by atoms with Crippen LogP contribution in [0, 0.1) is 0 Å². The van der Waals surface area contributed by atoms with Crippen molar-refractivity contribution in [3.63, 3.8) is 0 Å². The Hall–Kier alpha value is -0.160. The molecule has 0 aliphatic rings. The first-order chi connectivity index (χ1) is 6.62. The lowest BCUT2D eigenvalue weighted by Gasteiger charge is -2.23. The number of hydrogen-bond acceptors (Lipinski definition) is 4. The summed E-state index contributed by atoms with van der Waals surface area (Å²) in [6.07, 6.45) is 0.952. The molecule has 0 aliphatic carbocycles. The summed E-state index contributed by atoms with van der Waals surface area (Å²) in [5, 5.41) is 12.2. The van der Waals surface area contributed by atoms with Crippen LogP contribution in [0.15, 0.2) is 0 Å². The summed E-state index contributed by atoms with van der Waals surface area (Å²) in [4.78, 5) is 0. The molecule has 0 aliphatic heterocycles. The fraction of sp³-hybridized carbons (Fsp3) is 1.00. The van der Waals surface area contributed by atoms with E-state index in [2.05, 4.69) is 5.32 Å². The number of rotatable bonds is 9. The number of ether oxygens (including phenoxy) is 2. The average molecular weight is 205 g/mol. The van der Waals surface area contributed by atoms with Crippen molar-refractivity contribution in [2.24, 2.45) is 0 Å². The minimum atomic E-state index is -0.188. The molecule has 0 rings (SSSR count). The zero-order valence-corrected chi connectivity index (χ0v) is 9.51. The Labute approximate surface area is 86.6 Å². The molecular formula is C10H23NO3. The molecule has 0 atom stereocenters. The fourth-order valence-electron chi connectivity index (χ4n) is 0.901. The Kier molecular flexibility index (Phi) is 8.08. The van der Waals surface area contributed by atoms with E-state index in [1.807, 2.05) is 13.8 Å². The molecule has 2 N–H and O–H groups in total. The van der Waals surface area contributed by atoms with E-state index in [1.165, 1.54) is 0 Å². The SMILES string of the molecule is COCCOCCCNC(C)(C)CO. The lowest BCUT2D eigenvalue weighted by atomic mass is 10.1. The molecule has 14 heavy (non-hydrogen) atoms. The van der Waals surface area contributed by atoms with E-state index < -0.39 is 0 Å². The Morgan fingerprint density at radius 1 is 1.21 bits per heavy atom. The van der Waals surface area contributed by atoms with E-state index in [9.17, 15) is 0 Å². The maximum atomic E-state index is 8.96. The van der Waals surface area contributed by atoms with Crippen molar-refractivity contribution in [1.29, 1.82) is 0 Å². The summed E-state index contributed by atoms with van der Waals surface area (Å²) < 4.78 is 10.1. The van der Waals surface area contributed by atoms with Crippen molar-refractivity contribution in [2.75, 3.05) is 40.1 Å². The molecule has 86 valence electrons. The summed E-state index contributed by atoms with van der Waals surface area (Å²) in [5.41, 5.74) is -0.188. The van der Waals surface area contributed by atoms with Gasteiger partial charge in [0.2, 0.25) is 0 Å². The molecule has 0 bridgehead atoms. The lowest BCUT2D eigenvalue weighted by molar-refractivity contribution is 0.0682. The van der Waals surface area contributed by atoms with Crippen LogP contribution in [0.2, 0.25) is 0 Å². The van der Waals surface area contributed by atoms with Crippen molar-refractivity contribution < 1.29 is 14.6 Å². The van der Waals surface area contributed by atoms with E-state index in [0.29, 0.717) is 13.2 Å². The van der Waals surface area contributed by atoms with Gasteiger partial charge in [0.1, 0.15) is 0 Å². The Morgan fingerprint density at radius 3 is 2.50 bits per heavy atom. The summed E-state index contributed by atoms with van der Waals surface area (Å²) in [6, 6.07) is 0. The third kappa shape index (κ3) is 8.44. The third-order valence-corrected chi connectivity index (χ3v) is 1.90. The second-order valence-corrected chi connectivity index (χ2v) is 3.93. The zero-order chi connectivity index (χ0) is 10.9. The number of aliphatic hydroxyl groups excluding tert-OH is 1. The van der Waals surface area contributed by atoms with Gasteiger partial charge in [-0.15, -0.1) is 0 Å². The van der Waals surface area contributed by atoms with Gasteiger partial charge in [-0.25, -0.2) is 0 Å². The Bertz CT molecular complexity index is 129. The van der Waals surface area contributed by atoms with Gasteiger partial charge in [-0.1, -0.05) is 0 Å². The summed E-state index contributed by atoms with van der Waals surface area (Å²) in [6.45, 7) is 6.99. The standard InChI is InChI=1S/C10H23NO3/c1-10(2,9-12)11-5-4-6-14-8-7-13-3/h11-12H,4-9H2,1-3H3. The van der Waals surface area contributed by atoms with Crippen molar-refractivity contribution in [3.05, 3.63) is 0 Å². The first kappa shape index (κ1) is 13.8. The molecule has 0 heterocycles. The fourth-order valence-corrected chi connectivity index (χ4v) is 0.901. The van der Waals surface area contributed by atoms with Crippen molar-refractivity contribution >= 4 is 0 Å². The maximum absolute atomic E-state index is 8.96. The van der Waals surface area contributed by atoms with Crippen LogP contribution in [-0.4, -0.2) is 50.7 Å². The van der Waals surface area contributed by atoms with Crippen LogP contribution in [0.4, 0.5) is 0 Å². The van der Waals surface area contributed by atoms with Gasteiger partial charge in [0.05, 0.1) is 19.8 Å². The van der Waals surface area contributed by atoms with Gasteiger partial charge in [-0.3, -0.25) is 0 Å². The van der Waals surface area contributed by atoms with Crippen LogP contribution in [0.25, 0.3) is 0 Å². The molecule has 0 aromatic rings. The second kappa shape index (κ2) is 8.17. The van der Waals surface area contributed by atoms with Crippen LogP contribution in [0.5, 0.6) is 0 Å². The van der Waals surface area contributed by atoms with Crippen LogP contribution < -0.4 is 5.32 Å². The highest BCUT2D eigenvalue weighted by Crippen LogP contribution is 1.98. The first-order valence-electron chi connectivity index (χ1n) is 5.05. The van der Waals surface area contributed by atoms with Gasteiger partial charge >= 0.3 is 0 Å². The van der Waals surface area contributed by atoms with E-state index in [1.54, 1.807) is 7.11 Å². The summed E-state index contributed by atoms with van der Waals surface area (Å²) in [7, 11) is 1.66. The smallest absolute Gasteiger partial charge is 0.0700 e. The van der Waals surface area contributed by atoms with E-state index in [4.69, 9.17) is 14.6 Å². The van der Waals surface area contributed by atoms with Gasteiger partial charge < -0.3 is 19.9 Å². The number of nitrogens with one attached hydrogen (secondary N) is 1. The van der Waals surface area contributed by atoms with E-state index in [0.717, 1.165) is 19.6 Å². The maximum Gasteiger partial charge on any atom is 0.0700 e. The molecule has 0 aromatic carbocycles. The van der Waals surface area contributed by atoms with Crippen molar-refractivity contribution in [2.45, 2.75) is 25.8 Å². The van der Waals surface area contributed by atoms with Crippen LogP contribution in [0.3, 0.4) is 0 Å². The van der Waals surface area contributed by atoms with Crippen LogP contribution >= 0.6 is 0 Å². The predicted octanol–water partition coefficient (Wildman–Crippen LogP) is 0.400. The number of methoxy groups -OCH3 is 1. The first-order valence-corrected chi connectivity index (χ1v) is 5.05. The van der Waals surface area contributed by atoms with E-state index >= 15 is 0 Å². The molecule has 4 heteroatoms.